The molecule has 2 aromatic rings. The average molecular weight is 263 g/mol. The number of H-pyrrole nitrogens is 1. The van der Waals surface area contributed by atoms with Crippen LogP contribution in [-0.2, 0) is 6.42 Å². The second kappa shape index (κ2) is 5.57. The molecule has 2 nitrogen and oxygen atoms in total. The van der Waals surface area contributed by atoms with E-state index in [-0.39, 0.29) is 0 Å². The Labute approximate surface area is 113 Å². The molecule has 0 atom stereocenters. The number of hydrogen-bond donors (Lipinski definition) is 1. The number of halogens is 1. The Hall–Kier alpha value is -1.28. The van der Waals surface area contributed by atoms with Gasteiger partial charge in [0.15, 0.2) is 0 Å². The molecule has 0 amide bonds. The summed E-state index contributed by atoms with van der Waals surface area (Å²) in [5.41, 5.74) is 4.93. The highest BCUT2D eigenvalue weighted by atomic mass is 35.5. The van der Waals surface area contributed by atoms with Crippen molar-refractivity contribution >= 4 is 11.6 Å². The lowest BCUT2D eigenvalue weighted by Crippen LogP contribution is -1.92. The van der Waals surface area contributed by atoms with Gasteiger partial charge in [0, 0.05) is 17.9 Å². The summed E-state index contributed by atoms with van der Waals surface area (Å²) in [4.78, 5) is 7.70. The smallest absolute Gasteiger partial charge is 0.107 e. The van der Waals surface area contributed by atoms with Crippen LogP contribution in [0, 0.1) is 6.92 Å². The van der Waals surface area contributed by atoms with Crippen LogP contribution in [0.2, 0.25) is 0 Å². The molecule has 0 unspecified atom stereocenters. The molecule has 0 saturated heterocycles. The summed E-state index contributed by atoms with van der Waals surface area (Å²) in [5, 5.41) is 0. The summed E-state index contributed by atoms with van der Waals surface area (Å²) >= 11 is 5.73. The Morgan fingerprint density at radius 2 is 2.11 bits per heavy atom. The zero-order valence-corrected chi connectivity index (χ0v) is 11.9. The van der Waals surface area contributed by atoms with Crippen LogP contribution in [-0.4, -0.2) is 15.8 Å². The largest absolute Gasteiger partial charge is 0.342 e. The number of hydrogen-bond acceptors (Lipinski definition) is 1. The Bertz CT molecular complexity index is 529. The van der Waals surface area contributed by atoms with Crippen molar-refractivity contribution in [3.63, 3.8) is 0 Å². The molecule has 0 aliphatic carbocycles. The molecular weight excluding hydrogens is 244 g/mol. The minimum atomic E-state index is 0.537. The highest BCUT2D eigenvalue weighted by molar-refractivity contribution is 6.17. The van der Waals surface area contributed by atoms with Gasteiger partial charge in [-0.1, -0.05) is 26.0 Å². The van der Waals surface area contributed by atoms with Crippen LogP contribution < -0.4 is 0 Å². The van der Waals surface area contributed by atoms with Crippen molar-refractivity contribution in [2.24, 2.45) is 0 Å². The molecule has 96 valence electrons. The number of aryl methyl sites for hydroxylation is 2. The van der Waals surface area contributed by atoms with Crippen LogP contribution in [0.5, 0.6) is 0 Å². The predicted molar refractivity (Wildman–Crippen MR) is 77.3 cm³/mol. The maximum absolute atomic E-state index is 5.73. The Kier molecular flexibility index (Phi) is 4.07. The Morgan fingerprint density at radius 1 is 1.33 bits per heavy atom. The van der Waals surface area contributed by atoms with E-state index in [0.717, 1.165) is 17.9 Å². The van der Waals surface area contributed by atoms with E-state index in [4.69, 9.17) is 11.6 Å². The second-order valence-corrected chi connectivity index (χ2v) is 5.29. The lowest BCUT2D eigenvalue weighted by atomic mass is 9.97. The van der Waals surface area contributed by atoms with Crippen LogP contribution in [0.1, 0.15) is 36.7 Å². The molecule has 1 aromatic carbocycles. The van der Waals surface area contributed by atoms with E-state index in [0.29, 0.717) is 11.8 Å². The van der Waals surface area contributed by atoms with Gasteiger partial charge in [-0.05, 0) is 30.0 Å². The van der Waals surface area contributed by atoms with E-state index in [9.17, 15) is 0 Å². The molecule has 3 heteroatoms. The second-order valence-electron chi connectivity index (χ2n) is 4.91. The fourth-order valence-electron chi connectivity index (χ4n) is 2.00. The van der Waals surface area contributed by atoms with E-state index in [2.05, 4.69) is 48.9 Å². The monoisotopic (exact) mass is 262 g/mol. The number of alkyl halides is 1. The minimum absolute atomic E-state index is 0.537. The summed E-state index contributed by atoms with van der Waals surface area (Å²) < 4.78 is 0. The molecule has 0 radical (unpaired) electrons. The molecule has 2 rings (SSSR count). The molecule has 1 heterocycles. The fourth-order valence-corrected chi connectivity index (χ4v) is 2.18. The molecule has 0 fully saturated rings. The standard InChI is InChI=1S/C15H19ClN2/c1-10(2)12-5-4-11(3)13(8-12)14-9-17-15(18-14)6-7-16/h4-5,8-10H,6-7H2,1-3H3,(H,17,18). The summed E-state index contributed by atoms with van der Waals surface area (Å²) in [5.74, 6) is 2.08. The van der Waals surface area contributed by atoms with Crippen molar-refractivity contribution < 1.29 is 0 Å². The molecule has 0 bridgehead atoms. The zero-order valence-electron chi connectivity index (χ0n) is 11.1. The van der Waals surface area contributed by atoms with E-state index < -0.39 is 0 Å². The molecule has 18 heavy (non-hydrogen) atoms. The van der Waals surface area contributed by atoms with E-state index in [1.54, 1.807) is 0 Å². The number of nitrogens with one attached hydrogen (secondary N) is 1. The third kappa shape index (κ3) is 2.75. The molecule has 0 saturated carbocycles. The van der Waals surface area contributed by atoms with Gasteiger partial charge < -0.3 is 4.98 Å². The van der Waals surface area contributed by atoms with Gasteiger partial charge >= 0.3 is 0 Å². The quantitative estimate of drug-likeness (QED) is 0.818. The van der Waals surface area contributed by atoms with Gasteiger partial charge in [0.25, 0.3) is 0 Å². The molecule has 0 spiro atoms. The summed E-state index contributed by atoms with van der Waals surface area (Å²) in [6, 6.07) is 6.62. The van der Waals surface area contributed by atoms with E-state index in [1.165, 1.54) is 16.7 Å². The third-order valence-corrected chi connectivity index (χ3v) is 3.37. The van der Waals surface area contributed by atoms with Crippen LogP contribution in [0.15, 0.2) is 24.4 Å². The summed E-state index contributed by atoms with van der Waals surface area (Å²) in [7, 11) is 0. The fraction of sp³-hybridized carbons (Fsp3) is 0.400. The van der Waals surface area contributed by atoms with Crippen molar-refractivity contribution in [1.82, 2.24) is 9.97 Å². The Morgan fingerprint density at radius 3 is 2.78 bits per heavy atom. The third-order valence-electron chi connectivity index (χ3n) is 3.18. The van der Waals surface area contributed by atoms with E-state index in [1.807, 2.05) is 6.20 Å². The van der Waals surface area contributed by atoms with Crippen molar-refractivity contribution in [3.05, 3.63) is 41.3 Å². The highest BCUT2D eigenvalue weighted by Crippen LogP contribution is 2.26. The maximum atomic E-state index is 5.73. The van der Waals surface area contributed by atoms with Crippen LogP contribution >= 0.6 is 11.6 Å². The van der Waals surface area contributed by atoms with Crippen molar-refractivity contribution in [2.75, 3.05) is 5.88 Å². The molecule has 1 N–H and O–H groups in total. The topological polar surface area (TPSA) is 28.7 Å². The number of aromatic amines is 1. The SMILES string of the molecule is Cc1ccc(C(C)C)cc1-c1cnc(CCCl)[nH]1. The average Bonchev–Trinajstić information content (AvgIpc) is 2.78. The van der Waals surface area contributed by atoms with Crippen LogP contribution in [0.25, 0.3) is 11.3 Å². The van der Waals surface area contributed by atoms with E-state index >= 15 is 0 Å². The van der Waals surface area contributed by atoms with Gasteiger partial charge in [-0.2, -0.15) is 0 Å². The first-order valence-corrected chi connectivity index (χ1v) is 6.86. The normalized spacial score (nSPS) is 11.2. The van der Waals surface area contributed by atoms with Crippen LogP contribution in [0.3, 0.4) is 0 Å². The van der Waals surface area contributed by atoms with Gasteiger partial charge in [0.2, 0.25) is 0 Å². The number of rotatable bonds is 4. The van der Waals surface area contributed by atoms with Crippen molar-refractivity contribution in [1.29, 1.82) is 0 Å². The van der Waals surface area contributed by atoms with Gasteiger partial charge in [0.05, 0.1) is 11.9 Å². The summed E-state index contributed by atoms with van der Waals surface area (Å²) in [6.45, 7) is 6.54. The predicted octanol–water partition coefficient (Wildman–Crippen LogP) is 4.29. The lowest BCUT2D eigenvalue weighted by Gasteiger charge is -2.10. The Balaban J connectivity index is 2.38. The maximum Gasteiger partial charge on any atom is 0.107 e. The minimum Gasteiger partial charge on any atom is -0.342 e. The number of aromatic nitrogens is 2. The molecule has 1 aromatic heterocycles. The number of imidazole rings is 1. The van der Waals surface area contributed by atoms with Crippen molar-refractivity contribution in [2.45, 2.75) is 33.1 Å². The first kappa shape index (κ1) is 13.2. The van der Waals surface area contributed by atoms with Crippen molar-refractivity contribution in [3.8, 4) is 11.3 Å². The number of nitrogens with zero attached hydrogens (tertiary/aromatic N) is 1. The molecule has 0 aliphatic heterocycles. The number of benzene rings is 1. The van der Waals surface area contributed by atoms with Gasteiger partial charge in [-0.25, -0.2) is 4.98 Å². The van der Waals surface area contributed by atoms with Gasteiger partial charge in [-0.15, -0.1) is 11.6 Å². The summed E-state index contributed by atoms with van der Waals surface area (Å²) in [6.07, 6.45) is 2.68. The first-order chi connectivity index (χ1) is 8.61. The highest BCUT2D eigenvalue weighted by Gasteiger charge is 2.08. The molecular formula is C15H19ClN2. The van der Waals surface area contributed by atoms with Crippen LogP contribution in [0.4, 0.5) is 0 Å². The molecule has 0 aliphatic rings. The van der Waals surface area contributed by atoms with Gasteiger partial charge in [0.1, 0.15) is 5.82 Å². The zero-order chi connectivity index (χ0) is 13.1. The lowest BCUT2D eigenvalue weighted by molar-refractivity contribution is 0.866. The first-order valence-electron chi connectivity index (χ1n) is 6.32. The van der Waals surface area contributed by atoms with Gasteiger partial charge in [-0.3, -0.25) is 0 Å².